The van der Waals surface area contributed by atoms with E-state index in [1.54, 1.807) is 13.8 Å². The lowest BCUT2D eigenvalue weighted by Crippen LogP contribution is -2.45. The van der Waals surface area contributed by atoms with E-state index in [1.807, 2.05) is 0 Å². The summed E-state index contributed by atoms with van der Waals surface area (Å²) in [6, 6.07) is 4.25. The van der Waals surface area contributed by atoms with E-state index in [0.717, 1.165) is 12.1 Å². The monoisotopic (exact) mass is 343 g/mol. The van der Waals surface area contributed by atoms with E-state index >= 15 is 0 Å². The lowest BCUT2D eigenvalue weighted by Gasteiger charge is -2.34. The molecule has 0 bridgehead atoms. The summed E-state index contributed by atoms with van der Waals surface area (Å²) in [6.07, 6.45) is -3.52. The molecule has 1 amide bonds. The fraction of sp³-hybridized carbons (Fsp3) is 0.529. The highest BCUT2D eigenvalue weighted by atomic mass is 19.4. The van der Waals surface area contributed by atoms with Gasteiger partial charge in [0.2, 0.25) is 5.91 Å². The second-order valence-corrected chi connectivity index (χ2v) is 6.48. The summed E-state index contributed by atoms with van der Waals surface area (Å²) in [7, 11) is 0. The van der Waals surface area contributed by atoms with Gasteiger partial charge in [0, 0.05) is 0 Å². The Morgan fingerprint density at radius 1 is 1.21 bits per heavy atom. The Kier molecular flexibility index (Phi) is 5.20. The van der Waals surface area contributed by atoms with Crippen LogP contribution in [0.25, 0.3) is 0 Å². The van der Waals surface area contributed by atoms with Gasteiger partial charge in [-0.2, -0.15) is 13.2 Å². The Morgan fingerprint density at radius 2 is 1.83 bits per heavy atom. The summed E-state index contributed by atoms with van der Waals surface area (Å²) in [5.74, 6) is -2.89. The third kappa shape index (κ3) is 3.88. The van der Waals surface area contributed by atoms with Gasteiger partial charge in [0.25, 0.3) is 0 Å². The zero-order valence-electron chi connectivity index (χ0n) is 13.4. The van der Waals surface area contributed by atoms with Crippen LogP contribution < -0.4 is 5.32 Å². The number of benzene rings is 1. The van der Waals surface area contributed by atoms with Gasteiger partial charge in [-0.1, -0.05) is 26.0 Å². The Balaban J connectivity index is 2.18. The average molecular weight is 343 g/mol. The van der Waals surface area contributed by atoms with Crippen molar-refractivity contribution in [2.45, 2.75) is 38.9 Å². The number of hydrogen-bond acceptors (Lipinski definition) is 2. The maximum Gasteiger partial charge on any atom is 0.416 e. The molecule has 1 fully saturated rings. The van der Waals surface area contributed by atoms with Crippen molar-refractivity contribution in [3.63, 3.8) is 0 Å². The Labute approximate surface area is 138 Å². The predicted octanol–water partition coefficient (Wildman–Crippen LogP) is 3.63. The Hall–Kier alpha value is -2.05. The minimum absolute atomic E-state index is 0.138. The van der Waals surface area contributed by atoms with E-state index in [2.05, 4.69) is 5.32 Å². The molecular weight excluding hydrogens is 323 g/mol. The van der Waals surface area contributed by atoms with Crippen molar-refractivity contribution in [2.75, 3.05) is 0 Å². The minimum atomic E-state index is -4.45. The van der Waals surface area contributed by atoms with Crippen molar-refractivity contribution in [1.82, 2.24) is 5.32 Å². The molecule has 0 aromatic heterocycles. The second-order valence-electron chi connectivity index (χ2n) is 6.48. The molecular formula is C17H20F3NO3. The molecule has 0 aliphatic heterocycles. The van der Waals surface area contributed by atoms with Gasteiger partial charge in [0.05, 0.1) is 23.4 Å². The molecule has 2 N–H and O–H groups in total. The number of carbonyl (C=O) groups is 2. The van der Waals surface area contributed by atoms with Crippen LogP contribution in [0, 0.1) is 17.8 Å². The normalized spacial score (nSPS) is 21.9. The highest BCUT2D eigenvalue weighted by Crippen LogP contribution is 2.36. The number of alkyl halides is 3. The molecule has 0 radical (unpaired) electrons. The zero-order chi connectivity index (χ0) is 18.1. The third-order valence-electron chi connectivity index (χ3n) is 4.47. The van der Waals surface area contributed by atoms with E-state index < -0.39 is 41.5 Å². The average Bonchev–Trinajstić information content (AvgIpc) is 2.41. The van der Waals surface area contributed by atoms with Crippen molar-refractivity contribution < 1.29 is 27.9 Å². The van der Waals surface area contributed by atoms with Crippen LogP contribution in [0.5, 0.6) is 0 Å². The lowest BCUT2D eigenvalue weighted by atomic mass is 9.73. The number of halogens is 3. The number of amides is 1. The van der Waals surface area contributed by atoms with Gasteiger partial charge in [0.1, 0.15) is 0 Å². The third-order valence-corrected chi connectivity index (χ3v) is 4.47. The van der Waals surface area contributed by atoms with Crippen molar-refractivity contribution in [1.29, 1.82) is 0 Å². The van der Waals surface area contributed by atoms with Crippen molar-refractivity contribution in [3.8, 4) is 0 Å². The standard InChI is InChI=1S/C17H20F3NO3/c1-9(2)14(10-4-3-5-11(8-10)17(18,19)20)21-15(22)12-6-7-13(12)16(23)24/h3-5,8-9,12-14H,6-7H2,1-2H3,(H,21,22)(H,23,24). The van der Waals surface area contributed by atoms with Crippen molar-refractivity contribution >= 4 is 11.9 Å². The van der Waals surface area contributed by atoms with E-state index in [1.165, 1.54) is 12.1 Å². The predicted molar refractivity (Wildman–Crippen MR) is 81.0 cm³/mol. The molecule has 7 heteroatoms. The highest BCUT2D eigenvalue weighted by molar-refractivity contribution is 5.86. The van der Waals surface area contributed by atoms with E-state index in [-0.39, 0.29) is 5.92 Å². The number of nitrogens with one attached hydrogen (secondary N) is 1. The number of carboxylic acids is 1. The maximum atomic E-state index is 12.9. The molecule has 132 valence electrons. The number of carbonyl (C=O) groups excluding carboxylic acids is 1. The minimum Gasteiger partial charge on any atom is -0.481 e. The van der Waals surface area contributed by atoms with Crippen molar-refractivity contribution in [2.24, 2.45) is 17.8 Å². The van der Waals surface area contributed by atoms with Crippen LogP contribution >= 0.6 is 0 Å². The lowest BCUT2D eigenvalue weighted by molar-refractivity contribution is -0.153. The Morgan fingerprint density at radius 3 is 2.29 bits per heavy atom. The summed E-state index contributed by atoms with van der Waals surface area (Å²) in [6.45, 7) is 3.58. The van der Waals surface area contributed by atoms with Gasteiger partial charge >= 0.3 is 12.1 Å². The van der Waals surface area contributed by atoms with Crippen LogP contribution in [0.3, 0.4) is 0 Å². The smallest absolute Gasteiger partial charge is 0.416 e. The van der Waals surface area contributed by atoms with Gasteiger partial charge in [-0.05, 0) is 36.5 Å². The van der Waals surface area contributed by atoms with Crippen LogP contribution in [-0.4, -0.2) is 17.0 Å². The van der Waals surface area contributed by atoms with Crippen LogP contribution in [0.4, 0.5) is 13.2 Å². The number of aliphatic carboxylic acids is 1. The van der Waals surface area contributed by atoms with Gasteiger partial charge < -0.3 is 10.4 Å². The van der Waals surface area contributed by atoms with Gasteiger partial charge in [-0.15, -0.1) is 0 Å². The quantitative estimate of drug-likeness (QED) is 0.858. The first-order chi connectivity index (χ1) is 11.1. The molecule has 24 heavy (non-hydrogen) atoms. The zero-order valence-corrected chi connectivity index (χ0v) is 13.4. The van der Waals surface area contributed by atoms with E-state index in [0.29, 0.717) is 18.4 Å². The van der Waals surface area contributed by atoms with Gasteiger partial charge in [-0.3, -0.25) is 9.59 Å². The largest absolute Gasteiger partial charge is 0.481 e. The molecule has 0 spiro atoms. The molecule has 0 heterocycles. The first-order valence-corrected chi connectivity index (χ1v) is 7.81. The molecule has 3 atom stereocenters. The number of rotatable bonds is 5. The maximum absolute atomic E-state index is 12.9. The van der Waals surface area contributed by atoms with E-state index in [9.17, 15) is 22.8 Å². The molecule has 3 unspecified atom stereocenters. The van der Waals surface area contributed by atoms with E-state index in [4.69, 9.17) is 5.11 Å². The molecule has 1 aliphatic carbocycles. The topological polar surface area (TPSA) is 66.4 Å². The first kappa shape index (κ1) is 18.3. The van der Waals surface area contributed by atoms with Crippen LogP contribution in [-0.2, 0) is 15.8 Å². The highest BCUT2D eigenvalue weighted by Gasteiger charge is 2.42. The molecule has 1 aromatic rings. The molecule has 1 aliphatic rings. The molecule has 1 aromatic carbocycles. The summed E-state index contributed by atoms with van der Waals surface area (Å²) in [5, 5.41) is 11.8. The molecule has 2 rings (SSSR count). The number of hydrogen-bond donors (Lipinski definition) is 2. The van der Waals surface area contributed by atoms with Crippen molar-refractivity contribution in [3.05, 3.63) is 35.4 Å². The fourth-order valence-corrected chi connectivity index (χ4v) is 2.91. The van der Waals surface area contributed by atoms with Gasteiger partial charge in [0.15, 0.2) is 0 Å². The first-order valence-electron chi connectivity index (χ1n) is 7.81. The molecule has 1 saturated carbocycles. The Bertz CT molecular complexity index is 628. The summed E-state index contributed by atoms with van der Waals surface area (Å²) < 4.78 is 38.6. The SMILES string of the molecule is CC(C)C(NC(=O)C1CCC1C(=O)O)c1cccc(C(F)(F)F)c1. The van der Waals surface area contributed by atoms with Crippen LogP contribution in [0.15, 0.2) is 24.3 Å². The molecule has 4 nitrogen and oxygen atoms in total. The van der Waals surface area contributed by atoms with Gasteiger partial charge in [-0.25, -0.2) is 0 Å². The second kappa shape index (κ2) is 6.83. The summed E-state index contributed by atoms with van der Waals surface area (Å²) >= 11 is 0. The summed E-state index contributed by atoms with van der Waals surface area (Å²) in [4.78, 5) is 23.3. The number of carboxylic acid groups (broad SMARTS) is 1. The molecule has 0 saturated heterocycles. The van der Waals surface area contributed by atoms with Crippen LogP contribution in [0.1, 0.15) is 43.9 Å². The fourth-order valence-electron chi connectivity index (χ4n) is 2.91. The summed E-state index contributed by atoms with van der Waals surface area (Å²) in [5.41, 5.74) is -0.411. The van der Waals surface area contributed by atoms with Crippen LogP contribution in [0.2, 0.25) is 0 Å².